The number of halogens is 1. The molecular weight excluding hydrogens is 262 g/mol. The van der Waals surface area contributed by atoms with Crippen LogP contribution in [0.2, 0.25) is 0 Å². The van der Waals surface area contributed by atoms with E-state index in [1.807, 2.05) is 0 Å². The van der Waals surface area contributed by atoms with Gasteiger partial charge in [-0.1, -0.05) is 15.9 Å². The summed E-state index contributed by atoms with van der Waals surface area (Å²) in [7, 11) is 0. The number of hydrogen-bond acceptors (Lipinski definition) is 3. The van der Waals surface area contributed by atoms with Crippen LogP contribution in [0.3, 0.4) is 0 Å². The number of hydrogen-bond donors (Lipinski definition) is 2. The third-order valence-corrected chi connectivity index (χ3v) is 2.51. The van der Waals surface area contributed by atoms with Gasteiger partial charge in [0.1, 0.15) is 12.4 Å². The van der Waals surface area contributed by atoms with Crippen molar-refractivity contribution in [2.45, 2.75) is 6.10 Å². The van der Waals surface area contributed by atoms with Gasteiger partial charge in [0.2, 0.25) is 5.91 Å². The molecule has 5 heteroatoms. The number of benzene rings is 1. The maximum absolute atomic E-state index is 10.8. The molecule has 1 amide bonds. The van der Waals surface area contributed by atoms with Crippen LogP contribution in [0.4, 0.5) is 0 Å². The Morgan fingerprint density at radius 1 is 1.47 bits per heavy atom. The summed E-state index contributed by atoms with van der Waals surface area (Å²) in [6.45, 7) is 0.209. The lowest BCUT2D eigenvalue weighted by Crippen LogP contribution is -2.18. The molecule has 1 atom stereocenters. The predicted molar refractivity (Wildman–Crippen MR) is 60.3 cm³/mol. The molecule has 0 radical (unpaired) electrons. The van der Waals surface area contributed by atoms with Gasteiger partial charge < -0.3 is 15.6 Å². The van der Waals surface area contributed by atoms with Crippen molar-refractivity contribution in [3.8, 4) is 5.75 Å². The fourth-order valence-corrected chi connectivity index (χ4v) is 1.14. The Bertz CT molecular complexity index is 326. The van der Waals surface area contributed by atoms with Crippen molar-refractivity contribution >= 4 is 21.8 Å². The molecule has 1 rings (SSSR count). The summed E-state index contributed by atoms with van der Waals surface area (Å²) >= 11 is 3.13. The first kappa shape index (κ1) is 12.0. The summed E-state index contributed by atoms with van der Waals surface area (Å²) in [6.07, 6.45) is -0.541. The third-order valence-electron chi connectivity index (χ3n) is 1.76. The Morgan fingerprint density at radius 3 is 2.53 bits per heavy atom. The van der Waals surface area contributed by atoms with Crippen LogP contribution in [0, 0.1) is 0 Å². The quantitative estimate of drug-likeness (QED) is 0.784. The minimum absolute atomic E-state index is 0.209. The number of rotatable bonds is 5. The Kier molecular flexibility index (Phi) is 4.58. The maximum atomic E-state index is 10.8. The summed E-state index contributed by atoms with van der Waals surface area (Å²) < 4.78 is 5.26. The number of carbonyl (C=O) groups excluding carboxylic acids is 1. The highest BCUT2D eigenvalue weighted by atomic mass is 79.9. The SMILES string of the molecule is NC(=O)c1ccc(OCC(O)CBr)cc1. The van der Waals surface area contributed by atoms with Crippen LogP contribution in [0.25, 0.3) is 0 Å². The third kappa shape index (κ3) is 3.89. The van der Waals surface area contributed by atoms with Gasteiger partial charge in [0.15, 0.2) is 0 Å². The van der Waals surface area contributed by atoms with Crippen LogP contribution in [-0.2, 0) is 0 Å². The van der Waals surface area contributed by atoms with Gasteiger partial charge in [0.05, 0.1) is 6.10 Å². The second kappa shape index (κ2) is 5.72. The van der Waals surface area contributed by atoms with Gasteiger partial charge in [-0.2, -0.15) is 0 Å². The molecule has 4 nitrogen and oxygen atoms in total. The smallest absolute Gasteiger partial charge is 0.248 e. The van der Waals surface area contributed by atoms with Gasteiger partial charge in [-0.25, -0.2) is 0 Å². The number of alkyl halides is 1. The molecule has 0 saturated heterocycles. The molecule has 0 spiro atoms. The van der Waals surface area contributed by atoms with Crippen molar-refractivity contribution < 1.29 is 14.6 Å². The van der Waals surface area contributed by atoms with Crippen LogP contribution in [0.1, 0.15) is 10.4 Å². The highest BCUT2D eigenvalue weighted by molar-refractivity contribution is 9.09. The van der Waals surface area contributed by atoms with Crippen molar-refractivity contribution in [2.75, 3.05) is 11.9 Å². The van der Waals surface area contributed by atoms with Crippen LogP contribution in [-0.4, -0.2) is 29.1 Å². The zero-order valence-corrected chi connectivity index (χ0v) is 9.61. The normalized spacial score (nSPS) is 12.1. The number of primary amides is 1. The van der Waals surface area contributed by atoms with Gasteiger partial charge in [0.25, 0.3) is 0 Å². The molecule has 0 fully saturated rings. The van der Waals surface area contributed by atoms with Crippen LogP contribution >= 0.6 is 15.9 Å². The summed E-state index contributed by atoms with van der Waals surface area (Å²) in [4.78, 5) is 10.8. The monoisotopic (exact) mass is 273 g/mol. The van der Waals surface area contributed by atoms with E-state index in [1.54, 1.807) is 24.3 Å². The number of nitrogens with two attached hydrogens (primary N) is 1. The Balaban J connectivity index is 2.53. The Labute approximate surface area is 96.2 Å². The molecule has 1 aromatic rings. The lowest BCUT2D eigenvalue weighted by molar-refractivity contribution is 0.1000. The second-order valence-electron chi connectivity index (χ2n) is 3.01. The van der Waals surface area contributed by atoms with Crippen LogP contribution in [0.15, 0.2) is 24.3 Å². The average molecular weight is 274 g/mol. The van der Waals surface area contributed by atoms with Crippen molar-refractivity contribution in [1.82, 2.24) is 0 Å². The van der Waals surface area contributed by atoms with Crippen molar-refractivity contribution in [3.63, 3.8) is 0 Å². The largest absolute Gasteiger partial charge is 0.491 e. The van der Waals surface area contributed by atoms with E-state index in [0.29, 0.717) is 16.6 Å². The fourth-order valence-electron chi connectivity index (χ4n) is 0.952. The van der Waals surface area contributed by atoms with Gasteiger partial charge in [-0.3, -0.25) is 4.79 Å². The molecule has 3 N–H and O–H groups in total. The van der Waals surface area contributed by atoms with Gasteiger partial charge in [-0.05, 0) is 24.3 Å². The van der Waals surface area contributed by atoms with Gasteiger partial charge in [0, 0.05) is 10.9 Å². The van der Waals surface area contributed by atoms with Gasteiger partial charge >= 0.3 is 0 Å². The lowest BCUT2D eigenvalue weighted by atomic mass is 10.2. The van der Waals surface area contributed by atoms with Crippen molar-refractivity contribution in [1.29, 1.82) is 0 Å². The molecule has 0 aliphatic rings. The summed E-state index contributed by atoms with van der Waals surface area (Å²) in [5.41, 5.74) is 5.52. The molecular formula is C10H12BrNO3. The number of ether oxygens (including phenoxy) is 1. The highest BCUT2D eigenvalue weighted by Crippen LogP contribution is 2.12. The minimum Gasteiger partial charge on any atom is -0.491 e. The van der Waals surface area contributed by atoms with E-state index in [-0.39, 0.29) is 6.61 Å². The van der Waals surface area contributed by atoms with E-state index < -0.39 is 12.0 Å². The Hall–Kier alpha value is -1.07. The van der Waals surface area contributed by atoms with E-state index in [2.05, 4.69) is 15.9 Å². The molecule has 0 heterocycles. The number of amides is 1. The molecule has 82 valence electrons. The molecule has 1 aromatic carbocycles. The number of aliphatic hydroxyl groups is 1. The molecule has 1 unspecified atom stereocenters. The molecule has 0 bridgehead atoms. The zero-order valence-electron chi connectivity index (χ0n) is 8.02. The van der Waals surface area contributed by atoms with Crippen LogP contribution in [0.5, 0.6) is 5.75 Å². The number of carbonyl (C=O) groups is 1. The summed E-state index contributed by atoms with van der Waals surface area (Å²) in [5.74, 6) is 0.127. The van der Waals surface area contributed by atoms with Gasteiger partial charge in [-0.15, -0.1) is 0 Å². The van der Waals surface area contributed by atoms with E-state index in [4.69, 9.17) is 10.5 Å². The summed E-state index contributed by atoms with van der Waals surface area (Å²) in [5, 5.41) is 9.68. The second-order valence-corrected chi connectivity index (χ2v) is 3.66. The molecule has 0 aromatic heterocycles. The highest BCUT2D eigenvalue weighted by Gasteiger charge is 2.03. The predicted octanol–water partition coefficient (Wildman–Crippen LogP) is 0.920. The molecule has 0 aliphatic carbocycles. The first-order valence-electron chi connectivity index (χ1n) is 4.40. The number of aliphatic hydroxyl groups excluding tert-OH is 1. The average Bonchev–Trinajstić information content (AvgIpc) is 2.26. The van der Waals surface area contributed by atoms with E-state index >= 15 is 0 Å². The molecule has 15 heavy (non-hydrogen) atoms. The molecule has 0 aliphatic heterocycles. The topological polar surface area (TPSA) is 72.6 Å². The van der Waals surface area contributed by atoms with E-state index in [9.17, 15) is 9.90 Å². The Morgan fingerprint density at radius 2 is 2.07 bits per heavy atom. The summed E-state index contributed by atoms with van der Waals surface area (Å²) in [6, 6.07) is 6.44. The minimum atomic E-state index is -0.541. The lowest BCUT2D eigenvalue weighted by Gasteiger charge is -2.09. The standard InChI is InChI=1S/C10H12BrNO3/c11-5-8(13)6-15-9-3-1-7(2-4-9)10(12)14/h1-4,8,13H,5-6H2,(H2,12,14). The van der Waals surface area contributed by atoms with Crippen molar-refractivity contribution in [3.05, 3.63) is 29.8 Å². The van der Waals surface area contributed by atoms with E-state index in [1.165, 1.54) is 0 Å². The maximum Gasteiger partial charge on any atom is 0.248 e. The molecule has 0 saturated carbocycles. The van der Waals surface area contributed by atoms with Crippen molar-refractivity contribution in [2.24, 2.45) is 5.73 Å². The fraction of sp³-hybridized carbons (Fsp3) is 0.300. The van der Waals surface area contributed by atoms with Crippen LogP contribution < -0.4 is 10.5 Å². The first-order chi connectivity index (χ1) is 7.13. The van der Waals surface area contributed by atoms with E-state index in [0.717, 1.165) is 0 Å². The first-order valence-corrected chi connectivity index (χ1v) is 5.52. The zero-order chi connectivity index (χ0) is 11.3.